The molecule has 3 N–H and O–H groups in total. The molecule has 0 bridgehead atoms. The molecule has 0 spiro atoms. The van der Waals surface area contributed by atoms with Gasteiger partial charge in [0.1, 0.15) is 5.82 Å². The number of carbonyl (C=O) groups excluding carboxylic acids is 1. The van der Waals surface area contributed by atoms with Crippen molar-refractivity contribution in [2.75, 3.05) is 46.4 Å². The van der Waals surface area contributed by atoms with Crippen molar-refractivity contribution < 1.29 is 13.9 Å². The number of benzene rings is 1. The topological polar surface area (TPSA) is 65.6 Å². The van der Waals surface area contributed by atoms with Gasteiger partial charge in [-0.1, -0.05) is 12.1 Å². The Balaban J connectivity index is 1.38. The molecule has 1 aromatic carbocycles. The molecule has 2 atom stereocenters. The molecule has 7 heteroatoms. The van der Waals surface area contributed by atoms with Crippen LogP contribution in [0.1, 0.15) is 37.3 Å². The highest BCUT2D eigenvalue weighted by molar-refractivity contribution is 5.75. The third-order valence-corrected chi connectivity index (χ3v) is 5.93. The molecule has 6 nitrogen and oxygen atoms in total. The molecule has 156 valence electrons. The fourth-order valence-electron chi connectivity index (χ4n) is 4.24. The van der Waals surface area contributed by atoms with Crippen molar-refractivity contribution in [1.82, 2.24) is 21.1 Å². The van der Waals surface area contributed by atoms with E-state index in [4.69, 9.17) is 4.74 Å². The minimum absolute atomic E-state index is 0.129. The minimum Gasteiger partial charge on any atom is -0.383 e. The van der Waals surface area contributed by atoms with Crippen LogP contribution in [0.3, 0.4) is 0 Å². The van der Waals surface area contributed by atoms with Crippen LogP contribution in [-0.2, 0) is 9.53 Å². The maximum Gasteiger partial charge on any atom is 0.220 e. The number of nitrogens with zero attached hydrogens (tertiary/aromatic N) is 1. The second kappa shape index (κ2) is 10.9. The van der Waals surface area contributed by atoms with Crippen molar-refractivity contribution in [2.45, 2.75) is 31.7 Å². The Morgan fingerprint density at radius 2 is 2.04 bits per heavy atom. The summed E-state index contributed by atoms with van der Waals surface area (Å²) in [6.45, 7) is 5.28. The molecular formula is C21H33FN4O2. The first-order chi connectivity index (χ1) is 13.7. The van der Waals surface area contributed by atoms with Gasteiger partial charge >= 0.3 is 0 Å². The smallest absolute Gasteiger partial charge is 0.220 e. The van der Waals surface area contributed by atoms with E-state index in [1.807, 2.05) is 12.1 Å². The predicted octanol–water partition coefficient (Wildman–Crippen LogP) is 1.85. The van der Waals surface area contributed by atoms with Crippen molar-refractivity contribution in [3.05, 3.63) is 35.6 Å². The first-order valence-electron chi connectivity index (χ1n) is 10.4. The zero-order valence-electron chi connectivity index (χ0n) is 16.8. The van der Waals surface area contributed by atoms with Crippen LogP contribution in [0.5, 0.6) is 0 Å². The van der Waals surface area contributed by atoms with Crippen molar-refractivity contribution in [2.24, 2.45) is 11.8 Å². The molecule has 2 aliphatic heterocycles. The first kappa shape index (κ1) is 21.2. The Morgan fingerprint density at radius 3 is 2.75 bits per heavy atom. The zero-order valence-corrected chi connectivity index (χ0v) is 16.8. The van der Waals surface area contributed by atoms with Gasteiger partial charge < -0.3 is 15.0 Å². The summed E-state index contributed by atoms with van der Waals surface area (Å²) in [5.74, 6) is 1.04. The lowest BCUT2D eigenvalue weighted by Crippen LogP contribution is -2.39. The minimum atomic E-state index is -0.194. The van der Waals surface area contributed by atoms with E-state index in [1.165, 1.54) is 12.1 Å². The van der Waals surface area contributed by atoms with Gasteiger partial charge in [-0.05, 0) is 56.0 Å². The molecule has 28 heavy (non-hydrogen) atoms. The van der Waals surface area contributed by atoms with E-state index in [0.29, 0.717) is 31.4 Å². The Morgan fingerprint density at radius 1 is 1.29 bits per heavy atom. The molecule has 0 aromatic heterocycles. The van der Waals surface area contributed by atoms with Gasteiger partial charge in [0.2, 0.25) is 5.91 Å². The van der Waals surface area contributed by atoms with Crippen LogP contribution in [0.25, 0.3) is 0 Å². The fraction of sp³-hybridized carbons (Fsp3) is 0.667. The molecule has 0 radical (unpaired) electrons. The fourth-order valence-corrected chi connectivity index (χ4v) is 4.24. The van der Waals surface area contributed by atoms with E-state index in [1.54, 1.807) is 7.11 Å². The maximum absolute atomic E-state index is 13.2. The molecule has 0 saturated carbocycles. The summed E-state index contributed by atoms with van der Waals surface area (Å²) >= 11 is 0. The number of carbonyl (C=O) groups is 1. The molecule has 2 fully saturated rings. The Labute approximate surface area is 167 Å². The van der Waals surface area contributed by atoms with E-state index in [2.05, 4.69) is 21.1 Å². The standard InChI is InChI=1S/C21H33FN4O2/c1-28-13-10-23-20(27)7-2-16-8-11-26(12-9-16)15-18-14-24-25-21(18)17-3-5-19(22)6-4-17/h3-6,16,18,21,24-25H,2,7-15H2,1H3,(H,23,27). The molecular weight excluding hydrogens is 359 g/mol. The lowest BCUT2D eigenvalue weighted by molar-refractivity contribution is -0.121. The van der Waals surface area contributed by atoms with Crippen LogP contribution >= 0.6 is 0 Å². The summed E-state index contributed by atoms with van der Waals surface area (Å²) in [7, 11) is 1.64. The van der Waals surface area contributed by atoms with Crippen LogP contribution < -0.4 is 16.2 Å². The predicted molar refractivity (Wildman–Crippen MR) is 107 cm³/mol. The maximum atomic E-state index is 13.2. The molecule has 0 aliphatic carbocycles. The zero-order chi connectivity index (χ0) is 19.8. The summed E-state index contributed by atoms with van der Waals surface area (Å²) in [6, 6.07) is 7.02. The molecule has 2 unspecified atom stereocenters. The monoisotopic (exact) mass is 392 g/mol. The van der Waals surface area contributed by atoms with E-state index < -0.39 is 0 Å². The van der Waals surface area contributed by atoms with E-state index in [-0.39, 0.29) is 17.8 Å². The van der Waals surface area contributed by atoms with Gasteiger partial charge in [0.25, 0.3) is 0 Å². The second-order valence-corrected chi connectivity index (χ2v) is 7.94. The quantitative estimate of drug-likeness (QED) is 0.560. The van der Waals surface area contributed by atoms with Crippen molar-refractivity contribution in [3.63, 3.8) is 0 Å². The lowest BCUT2D eigenvalue weighted by atomic mass is 9.90. The largest absolute Gasteiger partial charge is 0.383 e. The SMILES string of the molecule is COCCNC(=O)CCC1CCN(CC2CNNC2c2ccc(F)cc2)CC1. The van der Waals surface area contributed by atoms with Crippen LogP contribution in [0.4, 0.5) is 4.39 Å². The van der Waals surface area contributed by atoms with Gasteiger partial charge in [-0.2, -0.15) is 0 Å². The summed E-state index contributed by atoms with van der Waals surface area (Å²) < 4.78 is 18.1. The van der Waals surface area contributed by atoms with Gasteiger partial charge in [0, 0.05) is 39.1 Å². The highest BCUT2D eigenvalue weighted by atomic mass is 19.1. The molecule has 3 rings (SSSR count). The Kier molecular flexibility index (Phi) is 8.21. The van der Waals surface area contributed by atoms with E-state index in [0.717, 1.165) is 51.0 Å². The highest BCUT2D eigenvalue weighted by Crippen LogP contribution is 2.28. The third-order valence-electron chi connectivity index (χ3n) is 5.93. The number of hydrogen-bond donors (Lipinski definition) is 3. The highest BCUT2D eigenvalue weighted by Gasteiger charge is 2.31. The second-order valence-electron chi connectivity index (χ2n) is 7.94. The van der Waals surface area contributed by atoms with Gasteiger partial charge in [0.15, 0.2) is 0 Å². The Hall–Kier alpha value is -1.54. The van der Waals surface area contributed by atoms with Gasteiger partial charge in [0.05, 0.1) is 12.6 Å². The van der Waals surface area contributed by atoms with E-state index in [9.17, 15) is 9.18 Å². The normalized spacial score (nSPS) is 23.8. The molecule has 1 aromatic rings. The summed E-state index contributed by atoms with van der Waals surface area (Å²) in [5, 5.41) is 2.89. The molecule has 2 saturated heterocycles. The lowest BCUT2D eigenvalue weighted by Gasteiger charge is -2.34. The number of nitrogens with one attached hydrogen (secondary N) is 3. The number of piperidine rings is 1. The summed E-state index contributed by atoms with van der Waals surface area (Å²) in [5.41, 5.74) is 7.74. The van der Waals surface area contributed by atoms with Gasteiger partial charge in [-0.15, -0.1) is 0 Å². The van der Waals surface area contributed by atoms with Gasteiger partial charge in [-0.25, -0.2) is 9.82 Å². The number of rotatable bonds is 9. The van der Waals surface area contributed by atoms with Crippen LogP contribution in [0, 0.1) is 17.7 Å². The van der Waals surface area contributed by atoms with E-state index >= 15 is 0 Å². The number of likely N-dealkylation sites (tertiary alicyclic amines) is 1. The average molecular weight is 393 g/mol. The van der Waals surface area contributed by atoms with Crippen LogP contribution in [0.15, 0.2) is 24.3 Å². The van der Waals surface area contributed by atoms with Crippen molar-refractivity contribution in [1.29, 1.82) is 0 Å². The molecule has 1 amide bonds. The van der Waals surface area contributed by atoms with Crippen molar-refractivity contribution >= 4 is 5.91 Å². The molecule has 2 heterocycles. The number of hydrogen-bond acceptors (Lipinski definition) is 5. The molecule has 2 aliphatic rings. The number of ether oxygens (including phenoxy) is 1. The van der Waals surface area contributed by atoms with Gasteiger partial charge in [-0.3, -0.25) is 10.2 Å². The van der Waals surface area contributed by atoms with Crippen LogP contribution in [0.2, 0.25) is 0 Å². The number of hydrazine groups is 1. The number of methoxy groups -OCH3 is 1. The summed E-state index contributed by atoms with van der Waals surface area (Å²) in [4.78, 5) is 14.4. The first-order valence-corrected chi connectivity index (χ1v) is 10.4. The summed E-state index contributed by atoms with van der Waals surface area (Å²) in [6.07, 6.45) is 3.88. The number of halogens is 1. The Bertz CT molecular complexity index is 605. The third kappa shape index (κ3) is 6.24. The number of amides is 1. The van der Waals surface area contributed by atoms with Crippen LogP contribution in [-0.4, -0.2) is 57.2 Å². The van der Waals surface area contributed by atoms with Crippen molar-refractivity contribution in [3.8, 4) is 0 Å². The average Bonchev–Trinajstić information content (AvgIpc) is 3.16.